The van der Waals surface area contributed by atoms with E-state index in [1.807, 2.05) is 0 Å². The van der Waals surface area contributed by atoms with E-state index < -0.39 is 0 Å². The second-order valence-corrected chi connectivity index (χ2v) is 5.10. The van der Waals surface area contributed by atoms with E-state index in [-0.39, 0.29) is 0 Å². The minimum Gasteiger partial charge on any atom is -0.303 e. The van der Waals surface area contributed by atoms with Crippen molar-refractivity contribution in [1.82, 2.24) is 0 Å². The lowest BCUT2D eigenvalue weighted by Gasteiger charge is -2.60. The van der Waals surface area contributed by atoms with E-state index in [2.05, 4.69) is 13.8 Å². The summed E-state index contributed by atoms with van der Waals surface area (Å²) in [6.07, 6.45) is 5.98. The number of hydrogen-bond acceptors (Lipinski definition) is 1. The smallest absolute Gasteiger partial charge is 0.120 e. The van der Waals surface area contributed by atoms with E-state index in [1.165, 1.54) is 19.3 Å². The lowest BCUT2D eigenvalue weighted by atomic mass is 9.45. The molecule has 3 aliphatic carbocycles. The molecular weight excluding hydrogens is 148 g/mol. The van der Waals surface area contributed by atoms with Crippen molar-refractivity contribution in [2.75, 3.05) is 0 Å². The van der Waals surface area contributed by atoms with Gasteiger partial charge in [-0.25, -0.2) is 0 Å². The number of carbonyl (C=O) groups excluding carboxylic acids is 1. The van der Waals surface area contributed by atoms with E-state index >= 15 is 0 Å². The summed E-state index contributed by atoms with van der Waals surface area (Å²) in [5.41, 5.74) is 0.548. The molecule has 0 aromatic carbocycles. The Morgan fingerprint density at radius 3 is 2.67 bits per heavy atom. The Hall–Kier alpha value is -0.330. The topological polar surface area (TPSA) is 17.1 Å². The summed E-state index contributed by atoms with van der Waals surface area (Å²) >= 11 is 0. The summed E-state index contributed by atoms with van der Waals surface area (Å²) in [5, 5.41) is 0. The van der Waals surface area contributed by atoms with E-state index in [4.69, 9.17) is 0 Å². The van der Waals surface area contributed by atoms with Crippen molar-refractivity contribution in [1.29, 1.82) is 0 Å². The summed E-state index contributed by atoms with van der Waals surface area (Å²) in [7, 11) is 0. The highest BCUT2D eigenvalue weighted by molar-refractivity contribution is 5.50. The van der Waals surface area contributed by atoms with Crippen molar-refractivity contribution < 1.29 is 4.79 Å². The Morgan fingerprint density at radius 1 is 1.42 bits per heavy atom. The molecule has 0 N–H and O–H groups in total. The minimum atomic E-state index is 0.548. The lowest BCUT2D eigenvalue weighted by Crippen LogP contribution is -2.52. The van der Waals surface area contributed by atoms with Gasteiger partial charge >= 0.3 is 0 Å². The van der Waals surface area contributed by atoms with Gasteiger partial charge in [0.05, 0.1) is 0 Å². The highest BCUT2D eigenvalue weighted by Gasteiger charge is 2.53. The summed E-state index contributed by atoms with van der Waals surface area (Å²) in [6.45, 7) is 4.76. The Kier molecular flexibility index (Phi) is 1.78. The van der Waals surface area contributed by atoms with Crippen LogP contribution in [-0.4, -0.2) is 6.29 Å². The van der Waals surface area contributed by atoms with Gasteiger partial charge in [0.15, 0.2) is 0 Å². The highest BCUT2D eigenvalue weighted by atomic mass is 16.1. The quantitative estimate of drug-likeness (QED) is 0.576. The molecular formula is C11H18O. The zero-order valence-corrected chi connectivity index (χ0v) is 8.05. The van der Waals surface area contributed by atoms with Crippen LogP contribution in [0.5, 0.6) is 0 Å². The molecule has 1 heteroatoms. The van der Waals surface area contributed by atoms with E-state index in [9.17, 15) is 4.79 Å². The maximum atomic E-state index is 10.4. The predicted octanol–water partition coefficient (Wildman–Crippen LogP) is 2.65. The Bertz CT molecular complexity index is 193. The van der Waals surface area contributed by atoms with Crippen LogP contribution in [0.1, 0.15) is 39.5 Å². The molecule has 0 spiro atoms. The Labute approximate surface area is 74.5 Å². The molecule has 3 atom stereocenters. The molecule has 3 fully saturated rings. The van der Waals surface area contributed by atoms with Crippen molar-refractivity contribution in [2.24, 2.45) is 23.2 Å². The van der Waals surface area contributed by atoms with E-state index in [0.29, 0.717) is 11.3 Å². The van der Waals surface area contributed by atoms with Gasteiger partial charge in [-0.05, 0) is 42.4 Å². The zero-order chi connectivity index (χ0) is 8.77. The van der Waals surface area contributed by atoms with Gasteiger partial charge in [0.25, 0.3) is 0 Å². The third-order valence-electron chi connectivity index (χ3n) is 4.40. The van der Waals surface area contributed by atoms with Crippen LogP contribution < -0.4 is 0 Å². The van der Waals surface area contributed by atoms with Gasteiger partial charge in [-0.3, -0.25) is 0 Å². The van der Waals surface area contributed by atoms with Crippen LogP contribution in [0.3, 0.4) is 0 Å². The monoisotopic (exact) mass is 166 g/mol. The van der Waals surface area contributed by atoms with Crippen LogP contribution >= 0.6 is 0 Å². The second kappa shape index (κ2) is 2.58. The Balaban J connectivity index is 2.05. The number of carbonyl (C=O) groups is 1. The van der Waals surface area contributed by atoms with E-state index in [1.54, 1.807) is 0 Å². The molecule has 2 bridgehead atoms. The number of aldehydes is 1. The number of hydrogen-bond donors (Lipinski definition) is 0. The van der Waals surface area contributed by atoms with Crippen LogP contribution in [0.25, 0.3) is 0 Å². The van der Waals surface area contributed by atoms with Crippen LogP contribution in [0.2, 0.25) is 0 Å². The normalized spacial score (nSPS) is 43.3. The predicted molar refractivity (Wildman–Crippen MR) is 48.8 cm³/mol. The van der Waals surface area contributed by atoms with Gasteiger partial charge in [-0.2, -0.15) is 0 Å². The summed E-state index contributed by atoms with van der Waals surface area (Å²) < 4.78 is 0. The molecule has 3 rings (SSSR count). The molecule has 0 saturated heterocycles. The third kappa shape index (κ3) is 0.949. The van der Waals surface area contributed by atoms with Crippen LogP contribution in [0.15, 0.2) is 0 Å². The molecule has 12 heavy (non-hydrogen) atoms. The fourth-order valence-corrected chi connectivity index (χ4v) is 3.37. The van der Waals surface area contributed by atoms with Crippen molar-refractivity contribution in [3.8, 4) is 0 Å². The largest absolute Gasteiger partial charge is 0.303 e. The average Bonchev–Trinajstić information content (AvgIpc) is 2.05. The van der Waals surface area contributed by atoms with Crippen LogP contribution in [0, 0.1) is 23.2 Å². The molecule has 68 valence electrons. The molecule has 0 aliphatic heterocycles. The number of rotatable bonds is 2. The third-order valence-corrected chi connectivity index (χ3v) is 4.40. The van der Waals surface area contributed by atoms with Crippen LogP contribution in [0.4, 0.5) is 0 Å². The van der Waals surface area contributed by atoms with Gasteiger partial charge in [0.1, 0.15) is 6.29 Å². The van der Waals surface area contributed by atoms with Gasteiger partial charge < -0.3 is 4.79 Å². The van der Waals surface area contributed by atoms with Crippen molar-refractivity contribution >= 4 is 6.29 Å². The molecule has 0 radical (unpaired) electrons. The fourth-order valence-electron chi connectivity index (χ4n) is 3.37. The molecule has 0 amide bonds. The van der Waals surface area contributed by atoms with Gasteiger partial charge in [0, 0.05) is 6.42 Å². The molecule has 0 aromatic rings. The molecule has 3 aliphatic rings. The summed E-state index contributed by atoms with van der Waals surface area (Å²) in [5.74, 6) is 2.52. The second-order valence-electron chi connectivity index (χ2n) is 5.10. The molecule has 3 saturated carbocycles. The Morgan fingerprint density at radius 2 is 2.17 bits per heavy atom. The standard InChI is InChI=1S/C11H18O/c1-11(2)9-4-3-8(5-6-12)10(11)7-9/h6,8-10H,3-5,7H2,1-2H3/t8-,9-,10+/m0/s1. The van der Waals surface area contributed by atoms with Crippen molar-refractivity contribution in [3.05, 3.63) is 0 Å². The lowest BCUT2D eigenvalue weighted by molar-refractivity contribution is -0.122. The maximum Gasteiger partial charge on any atom is 0.120 e. The highest BCUT2D eigenvalue weighted by Crippen LogP contribution is 2.61. The first-order valence-electron chi connectivity index (χ1n) is 5.10. The van der Waals surface area contributed by atoms with Gasteiger partial charge in [0.2, 0.25) is 0 Å². The molecule has 0 heterocycles. The minimum absolute atomic E-state index is 0.548. The van der Waals surface area contributed by atoms with E-state index in [0.717, 1.165) is 24.5 Å². The van der Waals surface area contributed by atoms with Crippen LogP contribution in [-0.2, 0) is 4.79 Å². The first kappa shape index (κ1) is 8.28. The SMILES string of the molecule is CC1(C)[C@H]2CC[C@@H](CC=O)[C@H]1C2. The average molecular weight is 166 g/mol. The van der Waals surface area contributed by atoms with Gasteiger partial charge in [-0.15, -0.1) is 0 Å². The molecule has 0 unspecified atom stereocenters. The number of fused-ring (bicyclic) bond motifs is 2. The molecule has 1 nitrogen and oxygen atoms in total. The van der Waals surface area contributed by atoms with Gasteiger partial charge in [-0.1, -0.05) is 13.8 Å². The summed E-state index contributed by atoms with van der Waals surface area (Å²) in [4.78, 5) is 10.4. The summed E-state index contributed by atoms with van der Waals surface area (Å²) in [6, 6.07) is 0. The first-order valence-corrected chi connectivity index (χ1v) is 5.10. The molecule has 0 aromatic heterocycles. The first-order chi connectivity index (χ1) is 5.66. The van der Waals surface area contributed by atoms with Crippen molar-refractivity contribution in [3.63, 3.8) is 0 Å². The maximum absolute atomic E-state index is 10.4. The fraction of sp³-hybridized carbons (Fsp3) is 0.909. The van der Waals surface area contributed by atoms with Crippen molar-refractivity contribution in [2.45, 2.75) is 39.5 Å². The zero-order valence-electron chi connectivity index (χ0n) is 8.05.